The Morgan fingerprint density at radius 2 is 1.35 bits per heavy atom. The van der Waals surface area contributed by atoms with Crippen molar-refractivity contribution in [2.24, 2.45) is 0 Å². The largest absolute Gasteiger partial charge is 0.357 e. The standard InChI is InChI=1S/C30H35NO2Si/c1-5-15-26-28(22-27(33-26)29(32)31-23-16-9-6-10-17-23)34(30(2,3)4,24-18-11-7-12-19-24)25-20-13-8-14-21-25/h6-14,16-22,26-27H,5,15H2,1-4H3,(H,31,32)/t26-,27+/m1/s1. The summed E-state index contributed by atoms with van der Waals surface area (Å²) in [7, 11) is -2.54. The quantitative estimate of drug-likeness (QED) is 0.449. The number of benzene rings is 3. The molecule has 1 amide bonds. The molecular weight excluding hydrogens is 434 g/mol. The van der Waals surface area contributed by atoms with Crippen LogP contribution in [-0.2, 0) is 9.53 Å². The van der Waals surface area contributed by atoms with Crippen molar-refractivity contribution in [2.75, 3.05) is 5.32 Å². The van der Waals surface area contributed by atoms with Gasteiger partial charge in [-0.15, -0.1) is 0 Å². The van der Waals surface area contributed by atoms with Gasteiger partial charge in [0.05, 0.1) is 6.10 Å². The Morgan fingerprint density at radius 3 is 1.82 bits per heavy atom. The van der Waals surface area contributed by atoms with Gasteiger partial charge in [-0.1, -0.05) is 113 Å². The minimum absolute atomic E-state index is 0.0400. The highest BCUT2D eigenvalue weighted by atomic mass is 28.3. The van der Waals surface area contributed by atoms with Crippen LogP contribution in [0.3, 0.4) is 0 Å². The van der Waals surface area contributed by atoms with Crippen molar-refractivity contribution < 1.29 is 9.53 Å². The van der Waals surface area contributed by atoms with E-state index < -0.39 is 14.2 Å². The molecule has 1 heterocycles. The number of ether oxygens (including phenoxy) is 1. The maximum absolute atomic E-state index is 13.3. The maximum atomic E-state index is 13.3. The first-order valence-corrected chi connectivity index (χ1v) is 14.2. The molecule has 4 rings (SSSR count). The highest BCUT2D eigenvalue weighted by Gasteiger charge is 2.54. The van der Waals surface area contributed by atoms with Crippen LogP contribution in [0.5, 0.6) is 0 Å². The highest BCUT2D eigenvalue weighted by molar-refractivity contribution is 7.09. The molecule has 0 saturated carbocycles. The van der Waals surface area contributed by atoms with Gasteiger partial charge in [-0.05, 0) is 45.2 Å². The van der Waals surface area contributed by atoms with E-state index in [0.717, 1.165) is 18.5 Å². The number of amides is 1. The topological polar surface area (TPSA) is 38.3 Å². The zero-order valence-electron chi connectivity index (χ0n) is 20.6. The van der Waals surface area contributed by atoms with Crippen molar-refractivity contribution >= 4 is 30.0 Å². The van der Waals surface area contributed by atoms with E-state index in [2.05, 4.69) is 99.8 Å². The van der Waals surface area contributed by atoms with Gasteiger partial charge >= 0.3 is 0 Å². The van der Waals surface area contributed by atoms with Crippen LogP contribution in [0.2, 0.25) is 5.04 Å². The lowest BCUT2D eigenvalue weighted by atomic mass is 10.2. The van der Waals surface area contributed by atoms with E-state index in [4.69, 9.17) is 4.74 Å². The van der Waals surface area contributed by atoms with Gasteiger partial charge in [0.2, 0.25) is 0 Å². The van der Waals surface area contributed by atoms with Crippen LogP contribution >= 0.6 is 0 Å². The second kappa shape index (κ2) is 10.1. The molecule has 4 heteroatoms. The van der Waals surface area contributed by atoms with E-state index in [0.29, 0.717) is 0 Å². The Balaban J connectivity index is 1.88. The van der Waals surface area contributed by atoms with Gasteiger partial charge in [-0.2, -0.15) is 0 Å². The molecule has 0 aromatic heterocycles. The minimum Gasteiger partial charge on any atom is -0.357 e. The minimum atomic E-state index is -2.54. The molecule has 0 aliphatic carbocycles. The van der Waals surface area contributed by atoms with Crippen LogP contribution in [-0.4, -0.2) is 26.2 Å². The predicted octanol–water partition coefficient (Wildman–Crippen LogP) is 5.72. The number of carbonyl (C=O) groups is 1. The molecular formula is C30H35NO2Si. The fraction of sp³-hybridized carbons (Fsp3) is 0.300. The fourth-order valence-corrected chi connectivity index (χ4v) is 11.5. The fourth-order valence-electron chi connectivity index (χ4n) is 5.46. The highest BCUT2D eigenvalue weighted by Crippen LogP contribution is 2.45. The molecule has 1 aliphatic rings. The lowest BCUT2D eigenvalue weighted by Gasteiger charge is -2.46. The zero-order valence-corrected chi connectivity index (χ0v) is 21.6. The van der Waals surface area contributed by atoms with Crippen molar-refractivity contribution in [1.29, 1.82) is 0 Å². The maximum Gasteiger partial charge on any atom is 0.257 e. The Kier molecular flexibility index (Phi) is 7.20. The summed E-state index contributed by atoms with van der Waals surface area (Å²) in [4.78, 5) is 13.3. The number of nitrogens with one attached hydrogen (secondary N) is 1. The molecule has 2 atom stereocenters. The van der Waals surface area contributed by atoms with Crippen molar-refractivity contribution in [1.82, 2.24) is 0 Å². The van der Waals surface area contributed by atoms with Gasteiger partial charge in [0.25, 0.3) is 5.91 Å². The van der Waals surface area contributed by atoms with Crippen molar-refractivity contribution in [3.63, 3.8) is 0 Å². The Morgan fingerprint density at radius 1 is 0.853 bits per heavy atom. The molecule has 1 aliphatic heterocycles. The van der Waals surface area contributed by atoms with E-state index in [1.165, 1.54) is 15.6 Å². The molecule has 1 N–H and O–H groups in total. The van der Waals surface area contributed by atoms with Gasteiger partial charge in [0, 0.05) is 5.69 Å². The molecule has 0 bridgehead atoms. The monoisotopic (exact) mass is 469 g/mol. The lowest BCUT2D eigenvalue weighted by molar-refractivity contribution is -0.125. The third-order valence-electron chi connectivity index (χ3n) is 6.81. The lowest BCUT2D eigenvalue weighted by Crippen LogP contribution is -2.67. The van der Waals surface area contributed by atoms with Crippen LogP contribution in [0.25, 0.3) is 0 Å². The number of anilines is 1. The number of carbonyl (C=O) groups excluding carboxylic acids is 1. The molecule has 0 radical (unpaired) electrons. The van der Waals surface area contributed by atoms with Gasteiger partial charge < -0.3 is 10.1 Å². The van der Waals surface area contributed by atoms with E-state index in [9.17, 15) is 4.79 Å². The summed E-state index contributed by atoms with van der Waals surface area (Å²) in [5, 5.41) is 7.03. The van der Waals surface area contributed by atoms with E-state index in [1.54, 1.807) is 0 Å². The summed E-state index contributed by atoms with van der Waals surface area (Å²) in [6.45, 7) is 9.23. The van der Waals surface area contributed by atoms with E-state index in [1.807, 2.05) is 30.3 Å². The van der Waals surface area contributed by atoms with E-state index >= 15 is 0 Å². The summed E-state index contributed by atoms with van der Waals surface area (Å²) in [6, 6.07) is 31.4. The first kappa shape index (κ1) is 24.2. The molecule has 3 aromatic carbocycles. The summed E-state index contributed by atoms with van der Waals surface area (Å²) in [6.07, 6.45) is 3.35. The number of hydrogen-bond acceptors (Lipinski definition) is 2. The summed E-state index contributed by atoms with van der Waals surface area (Å²) < 4.78 is 6.52. The smallest absolute Gasteiger partial charge is 0.257 e. The van der Waals surface area contributed by atoms with Crippen LogP contribution in [0, 0.1) is 0 Å². The Labute approximate surface area is 204 Å². The van der Waals surface area contributed by atoms with Gasteiger partial charge in [0.15, 0.2) is 14.2 Å². The molecule has 3 nitrogen and oxygen atoms in total. The van der Waals surface area contributed by atoms with Gasteiger partial charge in [-0.25, -0.2) is 0 Å². The van der Waals surface area contributed by atoms with Gasteiger partial charge in [0.1, 0.15) is 0 Å². The summed E-state index contributed by atoms with van der Waals surface area (Å²) in [5.74, 6) is -0.111. The average Bonchev–Trinajstić information content (AvgIpc) is 3.25. The van der Waals surface area contributed by atoms with Crippen LogP contribution in [0.4, 0.5) is 5.69 Å². The Hall–Kier alpha value is -2.95. The van der Waals surface area contributed by atoms with Gasteiger partial charge in [-0.3, -0.25) is 4.79 Å². The molecule has 0 spiro atoms. The Bertz CT molecular complexity index is 1080. The second-order valence-corrected chi connectivity index (χ2v) is 14.8. The third-order valence-corrected chi connectivity index (χ3v) is 12.8. The van der Waals surface area contributed by atoms with Crippen LogP contribution in [0.15, 0.2) is 102 Å². The van der Waals surface area contributed by atoms with E-state index in [-0.39, 0.29) is 17.0 Å². The zero-order chi connectivity index (χ0) is 24.2. The molecule has 3 aromatic rings. The van der Waals surface area contributed by atoms with Crippen molar-refractivity contribution in [2.45, 2.75) is 57.8 Å². The summed E-state index contributed by atoms with van der Waals surface area (Å²) >= 11 is 0. The molecule has 34 heavy (non-hydrogen) atoms. The molecule has 176 valence electrons. The van der Waals surface area contributed by atoms with Crippen LogP contribution < -0.4 is 15.7 Å². The summed E-state index contributed by atoms with van der Waals surface area (Å²) in [5.41, 5.74) is 0.787. The molecule has 0 saturated heterocycles. The number of hydrogen-bond donors (Lipinski definition) is 1. The normalized spacial score (nSPS) is 18.4. The number of para-hydroxylation sites is 1. The second-order valence-electron chi connectivity index (χ2n) is 10.0. The number of rotatable bonds is 7. The third kappa shape index (κ3) is 4.53. The van der Waals surface area contributed by atoms with Crippen LogP contribution in [0.1, 0.15) is 40.5 Å². The first-order valence-electron chi connectivity index (χ1n) is 12.2. The van der Waals surface area contributed by atoms with Crippen molar-refractivity contribution in [3.8, 4) is 0 Å². The van der Waals surface area contributed by atoms with Crippen molar-refractivity contribution in [3.05, 3.63) is 102 Å². The average molecular weight is 470 g/mol. The molecule has 0 unspecified atom stereocenters. The first-order chi connectivity index (χ1) is 16.4. The predicted molar refractivity (Wildman–Crippen MR) is 144 cm³/mol. The SMILES string of the molecule is CCC[C@H]1O[C@H](C(=O)Nc2ccccc2)C=C1[Si](c1ccccc1)(c1ccccc1)C(C)(C)C. The molecule has 0 fully saturated rings.